The van der Waals surface area contributed by atoms with Gasteiger partial charge < -0.3 is 29.3 Å². The molecule has 0 unspecified atom stereocenters. The number of anilines is 2. The Morgan fingerprint density at radius 3 is 2.42 bits per heavy atom. The van der Waals surface area contributed by atoms with Gasteiger partial charge >= 0.3 is 0 Å². The van der Waals surface area contributed by atoms with Crippen LogP contribution in [0.25, 0.3) is 22.3 Å². The van der Waals surface area contributed by atoms with Crippen LogP contribution in [0.15, 0.2) is 36.4 Å². The Bertz CT molecular complexity index is 1340. The molecule has 3 aromatic rings. The van der Waals surface area contributed by atoms with Crippen molar-refractivity contribution in [1.29, 1.82) is 0 Å². The topological polar surface area (TPSA) is 104 Å². The number of carbonyl (C=O) groups is 1. The first-order valence-corrected chi connectivity index (χ1v) is 13.4. The third-order valence-electron chi connectivity index (χ3n) is 7.65. The van der Waals surface area contributed by atoms with Gasteiger partial charge in [0.05, 0.1) is 55.7 Å². The smallest absolute Gasteiger partial charge is 0.253 e. The maximum atomic E-state index is 13.0. The van der Waals surface area contributed by atoms with Crippen molar-refractivity contribution in [2.45, 2.75) is 38.5 Å². The fraction of sp³-hybridized carbons (Fsp3) is 0.500. The highest BCUT2D eigenvalue weighted by Gasteiger charge is 2.28. The monoisotopic (exact) mass is 518 g/mol. The summed E-state index contributed by atoms with van der Waals surface area (Å²) in [6, 6.07) is 11.9. The normalized spacial score (nSPS) is 24.3. The van der Waals surface area contributed by atoms with Crippen LogP contribution in [-0.2, 0) is 9.47 Å². The van der Waals surface area contributed by atoms with Crippen LogP contribution in [0.3, 0.4) is 0 Å². The quantitative estimate of drug-likeness (QED) is 0.557. The second-order valence-electron chi connectivity index (χ2n) is 10.4. The van der Waals surface area contributed by atoms with Crippen LogP contribution in [-0.4, -0.2) is 102 Å². The molecule has 1 N–H and O–H groups in total. The molecule has 0 aliphatic carbocycles. The number of aliphatic hydroxyl groups is 1. The highest BCUT2D eigenvalue weighted by Crippen LogP contribution is 2.31. The van der Waals surface area contributed by atoms with E-state index >= 15 is 0 Å². The van der Waals surface area contributed by atoms with Crippen LogP contribution in [0.5, 0.6) is 0 Å². The van der Waals surface area contributed by atoms with Gasteiger partial charge in [-0.25, -0.2) is 4.98 Å². The molecule has 10 heteroatoms. The van der Waals surface area contributed by atoms with Gasteiger partial charge in [-0.2, -0.15) is 9.97 Å². The summed E-state index contributed by atoms with van der Waals surface area (Å²) in [6.07, 6.45) is 0.168. The Morgan fingerprint density at radius 1 is 0.947 bits per heavy atom. The minimum Gasteiger partial charge on any atom is -0.391 e. The van der Waals surface area contributed by atoms with Crippen LogP contribution >= 0.6 is 0 Å². The molecular weight excluding hydrogens is 484 g/mol. The van der Waals surface area contributed by atoms with E-state index < -0.39 is 6.10 Å². The van der Waals surface area contributed by atoms with Gasteiger partial charge in [-0.1, -0.05) is 12.1 Å². The Morgan fingerprint density at radius 2 is 1.71 bits per heavy atom. The van der Waals surface area contributed by atoms with E-state index in [1.165, 1.54) is 0 Å². The van der Waals surface area contributed by atoms with E-state index in [4.69, 9.17) is 24.4 Å². The van der Waals surface area contributed by atoms with E-state index in [1.807, 2.05) is 36.4 Å². The van der Waals surface area contributed by atoms with Crippen molar-refractivity contribution in [3.8, 4) is 11.3 Å². The largest absolute Gasteiger partial charge is 0.391 e. The first kappa shape index (κ1) is 25.0. The Hall–Kier alpha value is -3.34. The molecule has 38 heavy (non-hydrogen) atoms. The number of aliphatic hydroxyl groups excluding tert-OH is 1. The number of benzene rings is 1. The molecule has 2 aromatic heterocycles. The van der Waals surface area contributed by atoms with Crippen LogP contribution < -0.4 is 9.80 Å². The lowest BCUT2D eigenvalue weighted by molar-refractivity contribution is 0.0765. The molecule has 1 aromatic carbocycles. The lowest BCUT2D eigenvalue weighted by Gasteiger charge is -2.37. The van der Waals surface area contributed by atoms with E-state index in [0.717, 1.165) is 35.6 Å². The molecule has 1 amide bonds. The maximum Gasteiger partial charge on any atom is 0.253 e. The van der Waals surface area contributed by atoms with Crippen molar-refractivity contribution >= 4 is 28.7 Å². The average Bonchev–Trinajstić information content (AvgIpc) is 3.38. The lowest BCUT2D eigenvalue weighted by Crippen LogP contribution is -2.46. The first-order valence-electron chi connectivity index (χ1n) is 13.4. The number of nitrogens with zero attached hydrogens (tertiary/aromatic N) is 6. The van der Waals surface area contributed by atoms with Crippen molar-refractivity contribution in [2.75, 3.05) is 62.4 Å². The summed E-state index contributed by atoms with van der Waals surface area (Å²) in [5.74, 6) is 1.46. The molecule has 3 saturated heterocycles. The summed E-state index contributed by atoms with van der Waals surface area (Å²) < 4.78 is 11.3. The van der Waals surface area contributed by atoms with Gasteiger partial charge in [-0.3, -0.25) is 4.79 Å². The SMILES string of the molecule is C[C@H]1COCCN1c1nc(N2CCOC[C@@H]2C)c2ccc(-c3cccc(C(=O)N4CC[C@@H](O)C4)c3)nc2n1. The zero-order valence-electron chi connectivity index (χ0n) is 21.9. The zero-order valence-corrected chi connectivity index (χ0v) is 21.9. The number of hydrogen-bond donors (Lipinski definition) is 1. The number of amides is 1. The number of carbonyl (C=O) groups excluding carboxylic acids is 1. The molecule has 3 aliphatic rings. The number of β-amino-alcohol motifs (C(OH)–C–C–N with tert-alkyl or cyclic N) is 1. The summed E-state index contributed by atoms with van der Waals surface area (Å²) in [6.45, 7) is 9.26. The van der Waals surface area contributed by atoms with E-state index in [-0.39, 0.29) is 18.0 Å². The number of hydrogen-bond acceptors (Lipinski definition) is 9. The van der Waals surface area contributed by atoms with Gasteiger partial charge in [-0.15, -0.1) is 0 Å². The molecule has 3 atom stereocenters. The van der Waals surface area contributed by atoms with Crippen molar-refractivity contribution in [3.05, 3.63) is 42.0 Å². The molecule has 200 valence electrons. The average molecular weight is 519 g/mol. The van der Waals surface area contributed by atoms with Crippen LogP contribution in [0, 0.1) is 0 Å². The highest BCUT2D eigenvalue weighted by molar-refractivity contribution is 5.96. The van der Waals surface area contributed by atoms with E-state index in [1.54, 1.807) is 4.90 Å². The van der Waals surface area contributed by atoms with Gasteiger partial charge in [0.1, 0.15) is 5.82 Å². The fourth-order valence-electron chi connectivity index (χ4n) is 5.48. The number of rotatable bonds is 4. The van der Waals surface area contributed by atoms with Crippen molar-refractivity contribution in [2.24, 2.45) is 0 Å². The predicted octanol–water partition coefficient (Wildman–Crippen LogP) is 2.35. The van der Waals surface area contributed by atoms with E-state index in [0.29, 0.717) is 63.1 Å². The number of morpholine rings is 2. The number of ether oxygens (including phenoxy) is 2. The van der Waals surface area contributed by atoms with Crippen molar-refractivity contribution in [1.82, 2.24) is 19.9 Å². The van der Waals surface area contributed by atoms with Gasteiger partial charge in [0.2, 0.25) is 5.95 Å². The molecule has 6 rings (SSSR count). The van der Waals surface area contributed by atoms with Crippen LogP contribution in [0.1, 0.15) is 30.6 Å². The first-order chi connectivity index (χ1) is 18.5. The minimum absolute atomic E-state index is 0.0707. The standard InChI is InChI=1S/C28H34N6O4/c1-18-16-37-12-10-33(18)26-23-6-7-24(29-25(23)30-28(31-26)34-11-13-38-17-19(34)2)20-4-3-5-21(14-20)27(36)32-9-8-22(35)15-32/h3-7,14,18-19,22,35H,8-13,15-17H2,1-2H3/t18-,19-,22+/m0/s1. The Labute approximate surface area is 222 Å². The molecule has 3 fully saturated rings. The zero-order chi connectivity index (χ0) is 26.2. The summed E-state index contributed by atoms with van der Waals surface area (Å²) in [4.78, 5) is 34.2. The lowest BCUT2D eigenvalue weighted by atomic mass is 10.1. The summed E-state index contributed by atoms with van der Waals surface area (Å²) in [5, 5.41) is 10.8. The Kier molecular flexibility index (Phi) is 6.86. The maximum absolute atomic E-state index is 13.0. The van der Waals surface area contributed by atoms with Gasteiger partial charge in [0.15, 0.2) is 5.65 Å². The minimum atomic E-state index is -0.448. The van der Waals surface area contributed by atoms with Gasteiger partial charge in [0.25, 0.3) is 5.91 Å². The van der Waals surface area contributed by atoms with Gasteiger partial charge in [0, 0.05) is 37.3 Å². The summed E-state index contributed by atoms with van der Waals surface area (Å²) in [5.41, 5.74) is 2.80. The van der Waals surface area contributed by atoms with E-state index in [2.05, 4.69) is 23.6 Å². The molecule has 10 nitrogen and oxygen atoms in total. The summed E-state index contributed by atoms with van der Waals surface area (Å²) >= 11 is 0. The van der Waals surface area contributed by atoms with Crippen molar-refractivity contribution < 1.29 is 19.4 Å². The fourth-order valence-corrected chi connectivity index (χ4v) is 5.48. The summed E-state index contributed by atoms with van der Waals surface area (Å²) in [7, 11) is 0. The van der Waals surface area contributed by atoms with E-state index in [9.17, 15) is 9.90 Å². The molecule has 3 aliphatic heterocycles. The van der Waals surface area contributed by atoms with Crippen LogP contribution in [0.4, 0.5) is 11.8 Å². The number of likely N-dealkylation sites (tertiary alicyclic amines) is 1. The number of fused-ring (bicyclic) bond motifs is 1. The molecule has 0 spiro atoms. The molecular formula is C28H34N6O4. The molecule has 0 radical (unpaired) electrons. The number of aromatic nitrogens is 3. The third kappa shape index (κ3) is 4.79. The number of pyridine rings is 1. The second kappa shape index (κ2) is 10.4. The predicted molar refractivity (Wildman–Crippen MR) is 145 cm³/mol. The third-order valence-corrected chi connectivity index (χ3v) is 7.65. The molecule has 0 saturated carbocycles. The molecule has 5 heterocycles. The Balaban J connectivity index is 1.40. The molecule has 0 bridgehead atoms. The second-order valence-corrected chi connectivity index (χ2v) is 10.4. The van der Waals surface area contributed by atoms with Crippen molar-refractivity contribution in [3.63, 3.8) is 0 Å². The van der Waals surface area contributed by atoms with Gasteiger partial charge in [-0.05, 0) is 44.5 Å². The van der Waals surface area contributed by atoms with Crippen LogP contribution in [0.2, 0.25) is 0 Å². The highest BCUT2D eigenvalue weighted by atomic mass is 16.5.